The van der Waals surface area contributed by atoms with E-state index in [0.717, 1.165) is 59.8 Å². The third-order valence-electron chi connectivity index (χ3n) is 6.34. The molecule has 6 heteroatoms. The number of hydrogen-bond acceptors (Lipinski definition) is 6. The molecule has 0 aliphatic carbocycles. The van der Waals surface area contributed by atoms with Gasteiger partial charge in [0.15, 0.2) is 0 Å². The molecule has 3 aromatic rings. The highest BCUT2D eigenvalue weighted by Gasteiger charge is 2.29. The van der Waals surface area contributed by atoms with Gasteiger partial charge in [0.25, 0.3) is 0 Å². The molecule has 0 spiro atoms. The minimum atomic E-state index is -0.613. The molecular weight excluding hydrogens is 448 g/mol. The molecular formula is C30H30N4O2. The fourth-order valence-corrected chi connectivity index (χ4v) is 4.35. The summed E-state index contributed by atoms with van der Waals surface area (Å²) in [6, 6.07) is 22.5. The molecule has 0 amide bonds. The van der Waals surface area contributed by atoms with E-state index in [1.165, 1.54) is 0 Å². The Balaban J connectivity index is 1.73. The van der Waals surface area contributed by atoms with Gasteiger partial charge in [-0.15, -0.1) is 0 Å². The minimum absolute atomic E-state index is 0.520. The van der Waals surface area contributed by atoms with Gasteiger partial charge in [0.05, 0.1) is 17.3 Å². The summed E-state index contributed by atoms with van der Waals surface area (Å²) in [6.07, 6.45) is 6.56. The summed E-state index contributed by atoms with van der Waals surface area (Å²) in [7, 11) is 0. The number of carbonyl (C=O) groups excluding carboxylic acids is 1. The first kappa shape index (κ1) is 24.9. The molecule has 0 radical (unpaired) electrons. The lowest BCUT2D eigenvalue weighted by Gasteiger charge is -2.33. The topological polar surface area (TPSA) is 69.5 Å². The summed E-state index contributed by atoms with van der Waals surface area (Å²) < 4.78 is 6.05. The van der Waals surface area contributed by atoms with E-state index < -0.39 is 6.04 Å². The molecule has 6 nitrogen and oxygen atoms in total. The Labute approximate surface area is 212 Å². The molecule has 1 aliphatic heterocycles. The van der Waals surface area contributed by atoms with Crippen molar-refractivity contribution in [2.24, 2.45) is 0 Å². The number of carbonyl (C=O) groups is 1. The highest BCUT2D eigenvalue weighted by molar-refractivity contribution is 5.99. The fourth-order valence-electron chi connectivity index (χ4n) is 4.35. The van der Waals surface area contributed by atoms with Crippen molar-refractivity contribution in [2.75, 3.05) is 31.1 Å². The van der Waals surface area contributed by atoms with Crippen molar-refractivity contribution in [3.63, 3.8) is 0 Å². The average Bonchev–Trinajstić information content (AvgIpc) is 2.95. The van der Waals surface area contributed by atoms with Crippen LogP contribution < -0.4 is 9.64 Å². The van der Waals surface area contributed by atoms with E-state index in [1.54, 1.807) is 12.3 Å². The number of rotatable bonds is 10. The lowest BCUT2D eigenvalue weighted by Crippen LogP contribution is -2.36. The highest BCUT2D eigenvalue weighted by atomic mass is 16.5. The van der Waals surface area contributed by atoms with E-state index in [0.29, 0.717) is 12.2 Å². The average molecular weight is 479 g/mol. The highest BCUT2D eigenvalue weighted by Crippen LogP contribution is 2.36. The Hall–Kier alpha value is -4.21. The normalized spacial score (nSPS) is 15.2. The van der Waals surface area contributed by atoms with Crippen LogP contribution in [0.1, 0.15) is 30.7 Å². The van der Waals surface area contributed by atoms with Gasteiger partial charge in [-0.3, -0.25) is 4.98 Å². The molecule has 0 fully saturated rings. The maximum Gasteiger partial charge on any atom is 0.147 e. The summed E-state index contributed by atoms with van der Waals surface area (Å²) in [5.74, 6) is 0.741. The molecule has 2 heterocycles. The van der Waals surface area contributed by atoms with Gasteiger partial charge in [-0.25, -0.2) is 0 Å². The van der Waals surface area contributed by atoms with E-state index in [2.05, 4.69) is 29.8 Å². The predicted molar refractivity (Wildman–Crippen MR) is 143 cm³/mol. The first-order chi connectivity index (χ1) is 17.7. The molecule has 1 atom stereocenters. The number of pyridine rings is 1. The molecule has 1 aliphatic rings. The van der Waals surface area contributed by atoms with Gasteiger partial charge in [0, 0.05) is 36.3 Å². The minimum Gasteiger partial charge on any atom is -0.492 e. The Morgan fingerprint density at radius 2 is 1.89 bits per heavy atom. The zero-order valence-electron chi connectivity index (χ0n) is 20.7. The van der Waals surface area contributed by atoms with Crippen LogP contribution in [0.3, 0.4) is 0 Å². The van der Waals surface area contributed by atoms with Gasteiger partial charge in [0.2, 0.25) is 0 Å². The molecule has 1 aromatic heterocycles. The molecule has 182 valence electrons. The number of aromatic nitrogens is 1. The van der Waals surface area contributed by atoms with Crippen LogP contribution >= 0.6 is 0 Å². The van der Waals surface area contributed by atoms with Crippen LogP contribution in [0, 0.1) is 11.3 Å². The van der Waals surface area contributed by atoms with Crippen molar-refractivity contribution in [1.29, 1.82) is 5.26 Å². The summed E-state index contributed by atoms with van der Waals surface area (Å²) in [6.45, 7) is 7.67. The lowest BCUT2D eigenvalue weighted by atomic mass is 9.89. The molecule has 0 bridgehead atoms. The van der Waals surface area contributed by atoms with Crippen LogP contribution in [0.4, 0.5) is 5.69 Å². The zero-order chi connectivity index (χ0) is 25.3. The third kappa shape index (κ3) is 5.54. The van der Waals surface area contributed by atoms with E-state index in [4.69, 9.17) is 4.74 Å². The van der Waals surface area contributed by atoms with E-state index in [1.807, 2.05) is 77.8 Å². The number of anilines is 1. The Kier molecular flexibility index (Phi) is 8.28. The van der Waals surface area contributed by atoms with Crippen molar-refractivity contribution in [1.82, 2.24) is 9.88 Å². The van der Waals surface area contributed by atoms with Crippen molar-refractivity contribution < 1.29 is 9.53 Å². The Bertz CT molecular complexity index is 1290. The maximum absolute atomic E-state index is 12.5. The first-order valence-corrected chi connectivity index (χ1v) is 12.2. The number of hydrogen-bond donors (Lipinski definition) is 0. The van der Waals surface area contributed by atoms with Crippen molar-refractivity contribution in [3.05, 3.63) is 102 Å². The summed E-state index contributed by atoms with van der Waals surface area (Å²) in [4.78, 5) is 21.3. The van der Waals surface area contributed by atoms with Crippen molar-refractivity contribution in [3.8, 4) is 11.8 Å². The second-order valence-corrected chi connectivity index (χ2v) is 8.42. The number of nitrogens with zero attached hydrogens (tertiary/aromatic N) is 4. The Morgan fingerprint density at radius 3 is 2.61 bits per heavy atom. The van der Waals surface area contributed by atoms with Gasteiger partial charge in [-0.05, 0) is 60.6 Å². The SMILES string of the molecule is CCN(CC)CCOc1cccc(N2C=C(c3ccccn3)C=C(c3ccccc3C#N)C2C=O)c1. The van der Waals surface area contributed by atoms with Gasteiger partial charge in [-0.1, -0.05) is 44.2 Å². The van der Waals surface area contributed by atoms with Crippen LogP contribution in [0.25, 0.3) is 11.1 Å². The quantitative estimate of drug-likeness (QED) is 0.374. The summed E-state index contributed by atoms with van der Waals surface area (Å²) in [5.41, 5.74) is 4.45. The first-order valence-electron chi connectivity index (χ1n) is 12.2. The van der Waals surface area contributed by atoms with Gasteiger partial charge in [-0.2, -0.15) is 5.26 Å². The molecule has 36 heavy (non-hydrogen) atoms. The second-order valence-electron chi connectivity index (χ2n) is 8.42. The van der Waals surface area contributed by atoms with Crippen LogP contribution in [-0.4, -0.2) is 48.5 Å². The van der Waals surface area contributed by atoms with Crippen LogP contribution in [0.5, 0.6) is 5.75 Å². The van der Waals surface area contributed by atoms with Crippen molar-refractivity contribution in [2.45, 2.75) is 19.9 Å². The monoisotopic (exact) mass is 478 g/mol. The number of benzene rings is 2. The molecule has 2 aromatic carbocycles. The lowest BCUT2D eigenvalue weighted by molar-refractivity contribution is -0.107. The molecule has 0 N–H and O–H groups in total. The predicted octanol–water partition coefficient (Wildman–Crippen LogP) is 5.19. The fraction of sp³-hybridized carbons (Fsp3) is 0.233. The zero-order valence-corrected chi connectivity index (χ0v) is 20.7. The molecule has 0 saturated carbocycles. The Morgan fingerprint density at radius 1 is 1.08 bits per heavy atom. The standard InChI is InChI=1S/C30H30N4O2/c1-3-33(4-2)16-17-36-26-12-9-11-25(19-26)34-21-24(29-14-7-8-15-32-29)18-28(30(34)22-35)27-13-6-5-10-23(27)20-31/h5-15,18-19,21-22,30H,3-4,16-17H2,1-2H3. The van der Waals surface area contributed by atoms with Crippen LogP contribution in [0.15, 0.2) is 85.2 Å². The number of likely N-dealkylation sites (N-methyl/N-ethyl adjacent to an activating group) is 1. The van der Waals surface area contributed by atoms with Crippen LogP contribution in [-0.2, 0) is 4.79 Å². The number of aldehydes is 1. The van der Waals surface area contributed by atoms with Crippen molar-refractivity contribution >= 4 is 23.1 Å². The van der Waals surface area contributed by atoms with E-state index >= 15 is 0 Å². The van der Waals surface area contributed by atoms with E-state index in [9.17, 15) is 10.1 Å². The largest absolute Gasteiger partial charge is 0.492 e. The molecule has 4 rings (SSSR count). The maximum atomic E-state index is 12.5. The molecule has 0 saturated heterocycles. The number of nitriles is 1. The number of allylic oxidation sites excluding steroid dienone is 2. The van der Waals surface area contributed by atoms with E-state index in [-0.39, 0.29) is 0 Å². The van der Waals surface area contributed by atoms with Crippen LogP contribution in [0.2, 0.25) is 0 Å². The van der Waals surface area contributed by atoms with Gasteiger partial charge in [0.1, 0.15) is 24.7 Å². The third-order valence-corrected chi connectivity index (χ3v) is 6.34. The summed E-state index contributed by atoms with van der Waals surface area (Å²) in [5, 5.41) is 9.74. The van der Waals surface area contributed by atoms with Gasteiger partial charge >= 0.3 is 0 Å². The second kappa shape index (κ2) is 12.0. The smallest absolute Gasteiger partial charge is 0.147 e. The number of ether oxygens (including phenoxy) is 1. The van der Waals surface area contributed by atoms with Gasteiger partial charge < -0.3 is 19.3 Å². The molecule has 1 unspecified atom stereocenters. The summed E-state index contributed by atoms with van der Waals surface area (Å²) >= 11 is 0.